The molecule has 0 spiro atoms. The summed E-state index contributed by atoms with van der Waals surface area (Å²) < 4.78 is -0.695. The number of nitrogen functional groups attached to an aromatic ring is 1. The molecule has 10 nitrogen and oxygen atoms in total. The van der Waals surface area contributed by atoms with Crippen molar-refractivity contribution in [1.82, 2.24) is 20.9 Å². The molecule has 0 saturated carbocycles. The summed E-state index contributed by atoms with van der Waals surface area (Å²) in [5.41, 5.74) is 6.84. The van der Waals surface area contributed by atoms with Crippen LogP contribution in [0.1, 0.15) is 44.7 Å². The Morgan fingerprint density at radius 3 is 2.70 bits per heavy atom. The highest BCUT2D eigenvalue weighted by Gasteiger charge is 2.64. The SMILES string of the molecule is CC1(C)S[C@@H]2[C@H](NC(=O)C(NC(=O)C3CCCCN3)c3cccc(N)c3)C(=O)N2[C@H]1C(=O)O. The molecular formula is C22H29N5O5S. The number of carbonyl (C=O) groups is 4. The van der Waals surface area contributed by atoms with Crippen LogP contribution in [0, 0.1) is 0 Å². The van der Waals surface area contributed by atoms with Crippen LogP contribution in [0.4, 0.5) is 5.69 Å². The molecular weight excluding hydrogens is 446 g/mol. The Kier molecular flexibility index (Phi) is 6.28. The number of nitrogens with zero attached hydrogens (tertiary/aromatic N) is 1. The summed E-state index contributed by atoms with van der Waals surface area (Å²) in [5, 5.41) is 17.8. The van der Waals surface area contributed by atoms with Crippen molar-refractivity contribution in [1.29, 1.82) is 0 Å². The third kappa shape index (κ3) is 4.39. The molecule has 33 heavy (non-hydrogen) atoms. The zero-order valence-corrected chi connectivity index (χ0v) is 19.4. The standard InChI is InChI=1S/C22H29N5O5S/c1-22(2)16(21(31)32)27-19(30)15(20(27)33-22)26-18(29)14(11-6-5-7-12(23)10-11)25-17(28)13-8-3-4-9-24-13/h5-7,10,13-16,20,24H,3-4,8-9,23H2,1-2H3,(H,25,28)(H,26,29)(H,31,32)/t13?,14?,15-,16+,20-/m1/s1. The lowest BCUT2D eigenvalue weighted by Crippen LogP contribution is -2.71. The van der Waals surface area contributed by atoms with Gasteiger partial charge in [-0.05, 0) is 50.9 Å². The van der Waals surface area contributed by atoms with Crippen molar-refractivity contribution in [3.05, 3.63) is 29.8 Å². The van der Waals surface area contributed by atoms with E-state index in [1.54, 1.807) is 38.1 Å². The number of nitrogens with two attached hydrogens (primary N) is 1. The highest BCUT2D eigenvalue weighted by Crippen LogP contribution is 2.50. The molecule has 2 unspecified atom stereocenters. The van der Waals surface area contributed by atoms with E-state index in [2.05, 4.69) is 16.0 Å². The van der Waals surface area contributed by atoms with Crippen molar-refractivity contribution in [2.24, 2.45) is 0 Å². The monoisotopic (exact) mass is 475 g/mol. The molecule has 0 bridgehead atoms. The molecule has 0 radical (unpaired) electrons. The van der Waals surface area contributed by atoms with E-state index in [4.69, 9.17) is 5.73 Å². The van der Waals surface area contributed by atoms with Gasteiger partial charge in [0.15, 0.2) is 0 Å². The molecule has 1 aromatic rings. The third-order valence-corrected chi connectivity index (χ3v) is 7.96. The van der Waals surface area contributed by atoms with Crippen molar-refractivity contribution < 1.29 is 24.3 Å². The Morgan fingerprint density at radius 1 is 1.30 bits per heavy atom. The predicted octanol–water partition coefficient (Wildman–Crippen LogP) is 0.200. The molecule has 3 amide bonds. The molecule has 3 heterocycles. The number of rotatable bonds is 6. The fourth-order valence-corrected chi connectivity index (χ4v) is 6.36. The molecule has 3 aliphatic heterocycles. The van der Waals surface area contributed by atoms with Crippen molar-refractivity contribution in [3.8, 4) is 0 Å². The number of hydrogen-bond donors (Lipinski definition) is 5. The van der Waals surface area contributed by atoms with E-state index in [1.165, 1.54) is 16.7 Å². The predicted molar refractivity (Wildman–Crippen MR) is 123 cm³/mol. The highest BCUT2D eigenvalue weighted by molar-refractivity contribution is 8.01. The van der Waals surface area contributed by atoms with E-state index in [-0.39, 0.29) is 5.91 Å². The summed E-state index contributed by atoms with van der Waals surface area (Å²) in [4.78, 5) is 52.0. The summed E-state index contributed by atoms with van der Waals surface area (Å²) in [6.45, 7) is 4.28. The van der Waals surface area contributed by atoms with E-state index < -0.39 is 52.1 Å². The number of carboxylic acid groups (broad SMARTS) is 1. The van der Waals surface area contributed by atoms with Crippen molar-refractivity contribution in [2.75, 3.05) is 12.3 Å². The maximum absolute atomic E-state index is 13.3. The maximum atomic E-state index is 13.3. The zero-order chi connectivity index (χ0) is 23.9. The van der Waals surface area contributed by atoms with Crippen molar-refractivity contribution in [3.63, 3.8) is 0 Å². The normalized spacial score (nSPS) is 28.9. The van der Waals surface area contributed by atoms with Gasteiger partial charge in [-0.25, -0.2) is 4.79 Å². The van der Waals surface area contributed by atoms with Gasteiger partial charge < -0.3 is 31.7 Å². The molecule has 1 aromatic carbocycles. The van der Waals surface area contributed by atoms with Crippen LogP contribution in [-0.4, -0.2) is 68.5 Å². The first-order valence-electron chi connectivity index (χ1n) is 11.0. The number of piperidine rings is 1. The van der Waals surface area contributed by atoms with E-state index in [0.717, 1.165) is 19.4 Å². The average molecular weight is 476 g/mol. The Morgan fingerprint density at radius 2 is 2.06 bits per heavy atom. The van der Waals surface area contributed by atoms with Gasteiger partial charge in [-0.3, -0.25) is 14.4 Å². The first kappa shape index (κ1) is 23.4. The van der Waals surface area contributed by atoms with Crippen LogP contribution < -0.4 is 21.7 Å². The molecule has 11 heteroatoms. The number of amides is 3. The van der Waals surface area contributed by atoms with Gasteiger partial charge in [-0.15, -0.1) is 11.8 Å². The average Bonchev–Trinajstić information content (AvgIpc) is 3.04. The van der Waals surface area contributed by atoms with Crippen molar-refractivity contribution in [2.45, 2.75) is 67.4 Å². The summed E-state index contributed by atoms with van der Waals surface area (Å²) in [6.07, 6.45) is 2.60. The molecule has 0 aromatic heterocycles. The number of β-lactam (4-membered cyclic amide) rings is 1. The molecule has 4 rings (SSSR count). The van der Waals surface area contributed by atoms with Gasteiger partial charge in [0.25, 0.3) is 0 Å². The second kappa shape index (κ2) is 8.86. The van der Waals surface area contributed by atoms with Gasteiger partial charge in [0.05, 0.1) is 6.04 Å². The minimum Gasteiger partial charge on any atom is -0.480 e. The number of nitrogens with one attached hydrogen (secondary N) is 3. The minimum atomic E-state index is -1.07. The molecule has 3 saturated heterocycles. The van der Waals surface area contributed by atoms with Crippen LogP contribution in [-0.2, 0) is 19.2 Å². The molecule has 3 aliphatic rings. The summed E-state index contributed by atoms with van der Waals surface area (Å²) in [5.74, 6) is -2.34. The van der Waals surface area contributed by atoms with Gasteiger partial charge >= 0.3 is 5.97 Å². The number of anilines is 1. The second-order valence-corrected chi connectivity index (χ2v) is 11.0. The first-order chi connectivity index (χ1) is 15.6. The Balaban J connectivity index is 1.52. The van der Waals surface area contributed by atoms with Crippen LogP contribution in [0.5, 0.6) is 0 Å². The quantitative estimate of drug-likeness (QED) is 0.289. The Labute approximate surface area is 196 Å². The second-order valence-electron chi connectivity index (χ2n) is 9.20. The first-order valence-corrected chi connectivity index (χ1v) is 11.9. The number of hydrogen-bond acceptors (Lipinski definition) is 7. The number of carbonyl (C=O) groups excluding carboxylic acids is 3. The topological polar surface area (TPSA) is 154 Å². The lowest BCUT2D eigenvalue weighted by molar-refractivity contribution is -0.161. The summed E-state index contributed by atoms with van der Waals surface area (Å²) in [7, 11) is 0. The molecule has 178 valence electrons. The van der Waals surface area contributed by atoms with E-state index >= 15 is 0 Å². The van der Waals surface area contributed by atoms with Crippen LogP contribution in [0.25, 0.3) is 0 Å². The fraction of sp³-hybridized carbons (Fsp3) is 0.545. The van der Waals surface area contributed by atoms with Crippen LogP contribution in [0.3, 0.4) is 0 Å². The Hall–Kier alpha value is -2.79. The van der Waals surface area contributed by atoms with Crippen LogP contribution >= 0.6 is 11.8 Å². The van der Waals surface area contributed by atoms with Gasteiger partial charge in [-0.1, -0.05) is 18.6 Å². The third-order valence-electron chi connectivity index (χ3n) is 6.39. The minimum absolute atomic E-state index is 0.291. The maximum Gasteiger partial charge on any atom is 0.327 e. The van der Waals surface area contributed by atoms with Gasteiger partial charge in [0.1, 0.15) is 23.5 Å². The summed E-state index contributed by atoms with van der Waals surface area (Å²) >= 11 is 1.35. The number of thioether (sulfide) groups is 1. The van der Waals surface area contributed by atoms with E-state index in [9.17, 15) is 24.3 Å². The molecule has 5 atom stereocenters. The van der Waals surface area contributed by atoms with Crippen LogP contribution in [0.15, 0.2) is 24.3 Å². The number of carboxylic acids is 1. The highest BCUT2D eigenvalue weighted by atomic mass is 32.2. The molecule has 6 N–H and O–H groups in total. The lowest BCUT2D eigenvalue weighted by atomic mass is 9.95. The van der Waals surface area contributed by atoms with E-state index in [0.29, 0.717) is 17.7 Å². The van der Waals surface area contributed by atoms with Crippen molar-refractivity contribution >= 4 is 41.1 Å². The number of fused-ring (bicyclic) bond motifs is 1. The molecule has 0 aliphatic carbocycles. The number of benzene rings is 1. The Bertz CT molecular complexity index is 980. The van der Waals surface area contributed by atoms with Gasteiger partial charge in [0, 0.05) is 10.4 Å². The number of aliphatic carboxylic acids is 1. The lowest BCUT2D eigenvalue weighted by Gasteiger charge is -2.44. The molecule has 3 fully saturated rings. The smallest absolute Gasteiger partial charge is 0.327 e. The summed E-state index contributed by atoms with van der Waals surface area (Å²) in [6, 6.07) is 3.42. The fourth-order valence-electron chi connectivity index (χ4n) is 4.74. The van der Waals surface area contributed by atoms with Gasteiger partial charge in [0.2, 0.25) is 17.7 Å². The van der Waals surface area contributed by atoms with E-state index in [1.807, 2.05) is 0 Å². The zero-order valence-electron chi connectivity index (χ0n) is 18.5. The largest absolute Gasteiger partial charge is 0.480 e. The van der Waals surface area contributed by atoms with Crippen LogP contribution in [0.2, 0.25) is 0 Å². The van der Waals surface area contributed by atoms with Gasteiger partial charge in [-0.2, -0.15) is 0 Å².